The fourth-order valence-corrected chi connectivity index (χ4v) is 2.32. The summed E-state index contributed by atoms with van der Waals surface area (Å²) in [6.07, 6.45) is 0. The third kappa shape index (κ3) is 3.54. The fourth-order valence-electron chi connectivity index (χ4n) is 1.24. The van der Waals surface area contributed by atoms with E-state index in [1.807, 2.05) is 14.0 Å². The number of likely N-dealkylation sites (N-methyl/N-ethyl adjacent to an activating group) is 1. The molecule has 3 nitrogen and oxygen atoms in total. The van der Waals surface area contributed by atoms with Gasteiger partial charge < -0.3 is 5.11 Å². The summed E-state index contributed by atoms with van der Waals surface area (Å²) in [4.78, 5) is 6.75. The van der Waals surface area contributed by atoms with Crippen molar-refractivity contribution in [3.05, 3.63) is 16.1 Å². The van der Waals surface area contributed by atoms with Crippen molar-refractivity contribution in [3.63, 3.8) is 0 Å². The number of aliphatic hydroxyl groups excluding tert-OH is 1. The Kier molecular flexibility index (Phi) is 4.47. The first-order valence-corrected chi connectivity index (χ1v) is 6.48. The average Bonchev–Trinajstić information content (AvgIpc) is 2.64. The van der Waals surface area contributed by atoms with Gasteiger partial charge in [0.1, 0.15) is 5.01 Å². The van der Waals surface area contributed by atoms with Gasteiger partial charge in [0.15, 0.2) is 0 Å². The Bertz CT molecular complexity index is 330. The highest BCUT2D eigenvalue weighted by molar-refractivity contribution is 7.09. The molecular formula is C12H22N2OS. The Morgan fingerprint density at radius 1 is 1.50 bits per heavy atom. The van der Waals surface area contributed by atoms with E-state index in [-0.39, 0.29) is 18.1 Å². The van der Waals surface area contributed by atoms with Gasteiger partial charge in [-0.15, -0.1) is 11.3 Å². The van der Waals surface area contributed by atoms with E-state index in [2.05, 4.69) is 36.0 Å². The highest BCUT2D eigenvalue weighted by Gasteiger charge is 2.18. The Morgan fingerprint density at radius 3 is 2.56 bits per heavy atom. The zero-order valence-corrected chi connectivity index (χ0v) is 11.6. The van der Waals surface area contributed by atoms with Gasteiger partial charge in [-0.3, -0.25) is 4.90 Å². The molecular weight excluding hydrogens is 220 g/mol. The van der Waals surface area contributed by atoms with Gasteiger partial charge in [-0.1, -0.05) is 20.8 Å². The molecule has 0 spiro atoms. The Labute approximate surface area is 102 Å². The van der Waals surface area contributed by atoms with Crippen molar-refractivity contribution in [1.82, 2.24) is 9.88 Å². The van der Waals surface area contributed by atoms with Gasteiger partial charge in [-0.25, -0.2) is 4.98 Å². The lowest BCUT2D eigenvalue weighted by Gasteiger charge is -2.21. The van der Waals surface area contributed by atoms with Gasteiger partial charge in [0, 0.05) is 16.8 Å². The summed E-state index contributed by atoms with van der Waals surface area (Å²) >= 11 is 1.70. The SMILES string of the molecule is CC(CO)N(C)Cc1nc(C(C)(C)C)cs1. The number of aromatic nitrogens is 1. The summed E-state index contributed by atoms with van der Waals surface area (Å²) in [6, 6.07) is 0.182. The van der Waals surface area contributed by atoms with Crippen LogP contribution in [-0.4, -0.2) is 34.7 Å². The van der Waals surface area contributed by atoms with Gasteiger partial charge in [0.2, 0.25) is 0 Å². The third-order valence-electron chi connectivity index (χ3n) is 2.72. The molecule has 0 aromatic carbocycles. The zero-order chi connectivity index (χ0) is 12.3. The van der Waals surface area contributed by atoms with Gasteiger partial charge in [0.25, 0.3) is 0 Å². The molecule has 0 aliphatic carbocycles. The maximum absolute atomic E-state index is 9.06. The maximum atomic E-state index is 9.06. The van der Waals surface area contributed by atoms with Crippen LogP contribution in [0.25, 0.3) is 0 Å². The van der Waals surface area contributed by atoms with Crippen molar-refractivity contribution in [2.45, 2.75) is 45.7 Å². The maximum Gasteiger partial charge on any atom is 0.107 e. The molecule has 0 radical (unpaired) electrons. The van der Waals surface area contributed by atoms with Crippen molar-refractivity contribution in [2.24, 2.45) is 0 Å². The quantitative estimate of drug-likeness (QED) is 0.880. The molecule has 1 unspecified atom stereocenters. The van der Waals surface area contributed by atoms with Crippen molar-refractivity contribution in [3.8, 4) is 0 Å². The monoisotopic (exact) mass is 242 g/mol. The van der Waals surface area contributed by atoms with Crippen LogP contribution in [0.2, 0.25) is 0 Å². The first-order chi connectivity index (χ1) is 7.34. The molecule has 4 heteroatoms. The minimum Gasteiger partial charge on any atom is -0.395 e. The van der Waals surface area contributed by atoms with Crippen LogP contribution in [0, 0.1) is 0 Å². The number of hydrogen-bond acceptors (Lipinski definition) is 4. The Hall–Kier alpha value is -0.450. The van der Waals surface area contributed by atoms with E-state index < -0.39 is 0 Å². The number of hydrogen-bond donors (Lipinski definition) is 1. The standard InChI is InChI=1S/C12H22N2OS/c1-9(7-15)14(5)6-11-13-10(8-16-11)12(2,3)4/h8-9,15H,6-7H2,1-5H3. The molecule has 0 saturated heterocycles. The molecule has 0 bridgehead atoms. The van der Waals surface area contributed by atoms with Crippen LogP contribution in [0.3, 0.4) is 0 Å². The first-order valence-electron chi connectivity index (χ1n) is 5.60. The molecule has 1 N–H and O–H groups in total. The first kappa shape index (κ1) is 13.6. The van der Waals surface area contributed by atoms with Crippen LogP contribution in [0.15, 0.2) is 5.38 Å². The van der Waals surface area contributed by atoms with E-state index in [4.69, 9.17) is 5.11 Å². The molecule has 1 rings (SSSR count). The van der Waals surface area contributed by atoms with Crippen LogP contribution in [0.4, 0.5) is 0 Å². The Balaban J connectivity index is 2.66. The lowest BCUT2D eigenvalue weighted by atomic mass is 9.93. The number of thiazole rings is 1. The Morgan fingerprint density at radius 2 is 2.12 bits per heavy atom. The molecule has 0 amide bonds. The summed E-state index contributed by atoms with van der Waals surface area (Å²) in [6.45, 7) is 9.53. The predicted molar refractivity (Wildman–Crippen MR) is 68.8 cm³/mol. The van der Waals surface area contributed by atoms with E-state index in [9.17, 15) is 0 Å². The van der Waals surface area contributed by atoms with Gasteiger partial charge >= 0.3 is 0 Å². The zero-order valence-electron chi connectivity index (χ0n) is 10.8. The minimum absolute atomic E-state index is 0.121. The second-order valence-corrected chi connectivity index (χ2v) is 6.27. The van der Waals surface area contributed by atoms with Gasteiger partial charge in [0.05, 0.1) is 18.8 Å². The smallest absolute Gasteiger partial charge is 0.107 e. The molecule has 1 aromatic rings. The molecule has 0 aliphatic heterocycles. The normalized spacial score (nSPS) is 14.4. The largest absolute Gasteiger partial charge is 0.395 e. The molecule has 92 valence electrons. The van der Waals surface area contributed by atoms with Crippen molar-refractivity contribution < 1.29 is 5.11 Å². The van der Waals surface area contributed by atoms with Gasteiger partial charge in [-0.2, -0.15) is 0 Å². The number of rotatable bonds is 4. The molecule has 0 saturated carbocycles. The summed E-state index contributed by atoms with van der Waals surface area (Å²) in [5.74, 6) is 0. The van der Waals surface area contributed by atoms with Crippen molar-refractivity contribution >= 4 is 11.3 Å². The van der Waals surface area contributed by atoms with E-state index in [0.717, 1.165) is 17.2 Å². The molecule has 1 aromatic heterocycles. The minimum atomic E-state index is 0.121. The number of aliphatic hydroxyl groups is 1. The molecule has 0 aliphatic rings. The van der Waals surface area contributed by atoms with E-state index in [1.54, 1.807) is 11.3 Å². The highest BCUT2D eigenvalue weighted by atomic mass is 32.1. The van der Waals surface area contributed by atoms with Crippen molar-refractivity contribution in [1.29, 1.82) is 0 Å². The summed E-state index contributed by atoms with van der Waals surface area (Å²) in [5, 5.41) is 12.3. The second kappa shape index (κ2) is 5.25. The van der Waals surface area contributed by atoms with Crippen molar-refractivity contribution in [2.75, 3.05) is 13.7 Å². The molecule has 0 fully saturated rings. The summed E-state index contributed by atoms with van der Waals surface area (Å²) in [7, 11) is 2.01. The summed E-state index contributed by atoms with van der Waals surface area (Å²) in [5.41, 5.74) is 1.27. The summed E-state index contributed by atoms with van der Waals surface area (Å²) < 4.78 is 0. The number of nitrogens with zero attached hydrogens (tertiary/aromatic N) is 2. The lowest BCUT2D eigenvalue weighted by Crippen LogP contribution is -2.31. The predicted octanol–water partition coefficient (Wildman–Crippen LogP) is 2.25. The topological polar surface area (TPSA) is 36.4 Å². The molecule has 1 atom stereocenters. The lowest BCUT2D eigenvalue weighted by molar-refractivity contribution is 0.154. The fraction of sp³-hybridized carbons (Fsp3) is 0.750. The highest BCUT2D eigenvalue weighted by Crippen LogP contribution is 2.24. The van der Waals surface area contributed by atoms with Crippen LogP contribution < -0.4 is 0 Å². The van der Waals surface area contributed by atoms with E-state index >= 15 is 0 Å². The average molecular weight is 242 g/mol. The van der Waals surface area contributed by atoms with Crippen LogP contribution in [0.5, 0.6) is 0 Å². The molecule has 16 heavy (non-hydrogen) atoms. The van der Waals surface area contributed by atoms with Crippen LogP contribution in [-0.2, 0) is 12.0 Å². The molecule has 1 heterocycles. The van der Waals surface area contributed by atoms with Gasteiger partial charge in [-0.05, 0) is 14.0 Å². The third-order valence-corrected chi connectivity index (χ3v) is 3.56. The van der Waals surface area contributed by atoms with E-state index in [0.29, 0.717) is 0 Å². The second-order valence-electron chi connectivity index (χ2n) is 5.32. The van der Waals surface area contributed by atoms with E-state index in [1.165, 1.54) is 0 Å². The van der Waals surface area contributed by atoms with Crippen LogP contribution in [0.1, 0.15) is 38.4 Å². The van der Waals surface area contributed by atoms with Crippen LogP contribution >= 0.6 is 11.3 Å².